The smallest absolute Gasteiger partial charge is 0.408 e. The van der Waals surface area contributed by atoms with Crippen molar-refractivity contribution in [3.05, 3.63) is 35.4 Å². The molecule has 0 spiro atoms. The number of rotatable bonds is 11. The van der Waals surface area contributed by atoms with E-state index >= 15 is 0 Å². The molecule has 34 heavy (non-hydrogen) atoms. The molecular formula is C25H40N4O5. The quantitative estimate of drug-likeness (QED) is 0.423. The Bertz CT molecular complexity index is 846. The molecule has 0 bridgehead atoms. The number of carbonyl (C=O) groups is 4. The molecule has 0 aliphatic carbocycles. The van der Waals surface area contributed by atoms with Crippen LogP contribution in [-0.2, 0) is 19.1 Å². The van der Waals surface area contributed by atoms with Crippen molar-refractivity contribution in [3.63, 3.8) is 0 Å². The van der Waals surface area contributed by atoms with Crippen LogP contribution < -0.4 is 16.4 Å². The summed E-state index contributed by atoms with van der Waals surface area (Å²) >= 11 is 0. The minimum absolute atomic E-state index is 0.338. The number of unbranched alkanes of at least 4 members (excludes halogenated alkanes) is 1. The maximum atomic E-state index is 13.7. The van der Waals surface area contributed by atoms with Gasteiger partial charge in [0.1, 0.15) is 17.7 Å². The minimum atomic E-state index is -1.29. The average Bonchev–Trinajstić information content (AvgIpc) is 2.70. The van der Waals surface area contributed by atoms with Crippen molar-refractivity contribution in [2.75, 3.05) is 6.54 Å². The summed E-state index contributed by atoms with van der Waals surface area (Å²) in [7, 11) is 0. The summed E-state index contributed by atoms with van der Waals surface area (Å²) in [5, 5.41) is 5.36. The number of aryl methyl sites for hydroxylation is 1. The SMILES string of the molecule is CCCCNC(=O)C(c1ccc(C)cc1)N(C(=O)C(CC(N)=O)NC(=O)OC(C)(C)C)C(C)C. The summed E-state index contributed by atoms with van der Waals surface area (Å²) in [6, 6.07) is 4.66. The Labute approximate surface area is 202 Å². The molecule has 1 aromatic rings. The second kappa shape index (κ2) is 13.0. The lowest BCUT2D eigenvalue weighted by atomic mass is 9.99. The number of hydrogen-bond acceptors (Lipinski definition) is 5. The van der Waals surface area contributed by atoms with Gasteiger partial charge in [0.2, 0.25) is 17.7 Å². The Hall–Kier alpha value is -3.10. The van der Waals surface area contributed by atoms with Gasteiger partial charge in [0.05, 0.1) is 6.42 Å². The normalized spacial score (nSPS) is 13.1. The van der Waals surface area contributed by atoms with Crippen LogP contribution in [0.4, 0.5) is 4.79 Å². The van der Waals surface area contributed by atoms with Crippen LogP contribution in [0.25, 0.3) is 0 Å². The summed E-state index contributed by atoms with van der Waals surface area (Å²) in [5.41, 5.74) is 6.20. The molecule has 190 valence electrons. The van der Waals surface area contributed by atoms with E-state index in [0.717, 1.165) is 18.4 Å². The van der Waals surface area contributed by atoms with Crippen LogP contribution in [0.3, 0.4) is 0 Å². The number of nitrogens with one attached hydrogen (secondary N) is 2. The fourth-order valence-electron chi connectivity index (χ4n) is 3.38. The summed E-state index contributed by atoms with van der Waals surface area (Å²) in [6.07, 6.45) is 0.421. The lowest BCUT2D eigenvalue weighted by Gasteiger charge is -2.37. The third-order valence-corrected chi connectivity index (χ3v) is 4.95. The van der Waals surface area contributed by atoms with Crippen LogP contribution in [-0.4, -0.2) is 52.9 Å². The molecule has 4 N–H and O–H groups in total. The average molecular weight is 477 g/mol. The van der Waals surface area contributed by atoms with Crippen molar-refractivity contribution in [2.24, 2.45) is 5.73 Å². The van der Waals surface area contributed by atoms with Crippen molar-refractivity contribution >= 4 is 23.8 Å². The van der Waals surface area contributed by atoms with E-state index in [-0.39, 0.29) is 5.91 Å². The van der Waals surface area contributed by atoms with Gasteiger partial charge in [-0.1, -0.05) is 43.2 Å². The van der Waals surface area contributed by atoms with Crippen molar-refractivity contribution in [1.82, 2.24) is 15.5 Å². The predicted octanol–water partition coefficient (Wildman–Crippen LogP) is 2.96. The molecule has 4 amide bonds. The third-order valence-electron chi connectivity index (χ3n) is 4.95. The van der Waals surface area contributed by atoms with Gasteiger partial charge in [-0.3, -0.25) is 14.4 Å². The lowest BCUT2D eigenvalue weighted by molar-refractivity contribution is -0.145. The highest BCUT2D eigenvalue weighted by atomic mass is 16.6. The number of carbonyl (C=O) groups excluding carboxylic acids is 4. The number of nitrogens with two attached hydrogens (primary N) is 1. The number of ether oxygens (including phenoxy) is 1. The minimum Gasteiger partial charge on any atom is -0.444 e. The Morgan fingerprint density at radius 1 is 1.09 bits per heavy atom. The molecule has 2 unspecified atom stereocenters. The standard InChI is InChI=1S/C25H40N4O5/c1-8-9-14-27-22(31)21(18-12-10-17(4)11-13-18)29(16(2)3)23(32)19(15-20(26)30)28-24(33)34-25(5,6)7/h10-13,16,19,21H,8-9,14-15H2,1-7H3,(H2,26,30)(H,27,31)(H,28,33). The Morgan fingerprint density at radius 3 is 2.15 bits per heavy atom. The van der Waals surface area contributed by atoms with E-state index in [4.69, 9.17) is 10.5 Å². The number of alkyl carbamates (subject to hydrolysis) is 1. The van der Waals surface area contributed by atoms with Crippen LogP contribution in [0.2, 0.25) is 0 Å². The molecule has 0 aliphatic heterocycles. The van der Waals surface area contributed by atoms with E-state index in [1.807, 2.05) is 26.0 Å². The zero-order chi connectivity index (χ0) is 26.1. The molecule has 9 heteroatoms. The van der Waals surface area contributed by atoms with Gasteiger partial charge in [-0.15, -0.1) is 0 Å². The molecule has 0 aromatic heterocycles. The first-order valence-corrected chi connectivity index (χ1v) is 11.7. The molecule has 0 saturated carbocycles. The summed E-state index contributed by atoms with van der Waals surface area (Å²) in [4.78, 5) is 52.5. The zero-order valence-corrected chi connectivity index (χ0v) is 21.4. The van der Waals surface area contributed by atoms with Crippen LogP contribution in [0.15, 0.2) is 24.3 Å². The Kier molecular flexibility index (Phi) is 11.0. The fourth-order valence-corrected chi connectivity index (χ4v) is 3.38. The van der Waals surface area contributed by atoms with E-state index in [0.29, 0.717) is 12.1 Å². The lowest BCUT2D eigenvalue weighted by Crippen LogP contribution is -2.56. The number of hydrogen-bond donors (Lipinski definition) is 3. The van der Waals surface area contributed by atoms with Crippen LogP contribution in [0, 0.1) is 6.92 Å². The zero-order valence-electron chi connectivity index (χ0n) is 21.4. The first-order chi connectivity index (χ1) is 15.8. The number of benzene rings is 1. The fraction of sp³-hybridized carbons (Fsp3) is 0.600. The molecule has 0 fully saturated rings. The molecule has 1 aromatic carbocycles. The molecule has 0 saturated heterocycles. The maximum absolute atomic E-state index is 13.7. The molecule has 2 atom stereocenters. The summed E-state index contributed by atoms with van der Waals surface area (Å²) in [6.45, 7) is 13.0. The van der Waals surface area contributed by atoms with Crippen LogP contribution in [0.5, 0.6) is 0 Å². The van der Waals surface area contributed by atoms with E-state index in [2.05, 4.69) is 10.6 Å². The predicted molar refractivity (Wildman–Crippen MR) is 131 cm³/mol. The molecule has 0 aliphatic rings. The van der Waals surface area contributed by atoms with E-state index < -0.39 is 48.1 Å². The molecule has 0 radical (unpaired) electrons. The monoisotopic (exact) mass is 476 g/mol. The van der Waals surface area contributed by atoms with Crippen molar-refractivity contribution in [3.8, 4) is 0 Å². The topological polar surface area (TPSA) is 131 Å². The van der Waals surface area contributed by atoms with Crippen molar-refractivity contribution < 1.29 is 23.9 Å². The summed E-state index contributed by atoms with van der Waals surface area (Å²) in [5.74, 6) is -1.71. The molecule has 9 nitrogen and oxygen atoms in total. The van der Waals surface area contributed by atoms with Gasteiger partial charge in [0, 0.05) is 12.6 Å². The van der Waals surface area contributed by atoms with Gasteiger partial charge in [0.15, 0.2) is 0 Å². The molecular weight excluding hydrogens is 436 g/mol. The number of nitrogens with zero attached hydrogens (tertiary/aromatic N) is 1. The largest absolute Gasteiger partial charge is 0.444 e. The Balaban J connectivity index is 3.39. The Morgan fingerprint density at radius 2 is 1.68 bits per heavy atom. The van der Waals surface area contributed by atoms with Gasteiger partial charge >= 0.3 is 6.09 Å². The highest BCUT2D eigenvalue weighted by Gasteiger charge is 2.38. The van der Waals surface area contributed by atoms with Gasteiger partial charge in [-0.25, -0.2) is 4.79 Å². The highest BCUT2D eigenvalue weighted by molar-refractivity contribution is 5.94. The van der Waals surface area contributed by atoms with Gasteiger partial charge in [-0.2, -0.15) is 0 Å². The van der Waals surface area contributed by atoms with E-state index in [1.54, 1.807) is 46.8 Å². The number of primary amides is 1. The van der Waals surface area contributed by atoms with E-state index in [1.165, 1.54) is 4.90 Å². The first kappa shape index (κ1) is 28.9. The maximum Gasteiger partial charge on any atom is 0.408 e. The highest BCUT2D eigenvalue weighted by Crippen LogP contribution is 2.26. The van der Waals surface area contributed by atoms with Gasteiger partial charge in [0.25, 0.3) is 0 Å². The summed E-state index contributed by atoms with van der Waals surface area (Å²) < 4.78 is 5.26. The first-order valence-electron chi connectivity index (χ1n) is 11.7. The molecule has 0 heterocycles. The van der Waals surface area contributed by atoms with Crippen molar-refractivity contribution in [1.29, 1.82) is 0 Å². The molecule has 1 rings (SSSR count). The second-order valence-electron chi connectivity index (χ2n) is 9.67. The second-order valence-corrected chi connectivity index (χ2v) is 9.67. The van der Waals surface area contributed by atoms with Crippen LogP contribution >= 0.6 is 0 Å². The third kappa shape index (κ3) is 9.41. The van der Waals surface area contributed by atoms with Gasteiger partial charge in [-0.05, 0) is 53.5 Å². The van der Waals surface area contributed by atoms with Gasteiger partial charge < -0.3 is 26.0 Å². The van der Waals surface area contributed by atoms with Crippen molar-refractivity contribution in [2.45, 2.75) is 91.5 Å². The van der Waals surface area contributed by atoms with Crippen LogP contribution in [0.1, 0.15) is 78.0 Å². The van der Waals surface area contributed by atoms with E-state index in [9.17, 15) is 19.2 Å². The number of amides is 4.